The third-order valence-electron chi connectivity index (χ3n) is 2.18. The van der Waals surface area contributed by atoms with Crippen LogP contribution >= 0.6 is 0 Å². The maximum atomic E-state index is 11.2. The van der Waals surface area contributed by atoms with E-state index in [-0.39, 0.29) is 11.2 Å². The van der Waals surface area contributed by atoms with E-state index in [4.69, 9.17) is 0 Å². The van der Waals surface area contributed by atoms with E-state index in [1.54, 1.807) is 6.92 Å². The average molecular weight is 207 g/mol. The van der Waals surface area contributed by atoms with E-state index >= 15 is 0 Å². The van der Waals surface area contributed by atoms with Crippen molar-refractivity contribution in [3.63, 3.8) is 0 Å². The van der Waals surface area contributed by atoms with Crippen LogP contribution < -0.4 is 5.32 Å². The minimum Gasteiger partial charge on any atom is -0.319 e. The largest absolute Gasteiger partial charge is 0.319 e. The van der Waals surface area contributed by atoms with Gasteiger partial charge < -0.3 is 5.32 Å². The molecule has 1 N–H and O–H groups in total. The fraction of sp³-hybridized carbons (Fsp3) is 1.00. The fourth-order valence-electron chi connectivity index (χ4n) is 1.14. The zero-order chi connectivity index (χ0) is 10.5. The molecule has 0 aliphatic rings. The summed E-state index contributed by atoms with van der Waals surface area (Å²) in [5.41, 5.74) is 0.0665. The van der Waals surface area contributed by atoms with Gasteiger partial charge in [0.05, 0.1) is 5.75 Å². The minimum absolute atomic E-state index is 0.0665. The highest BCUT2D eigenvalue weighted by Gasteiger charge is 2.19. The molecule has 0 heterocycles. The van der Waals surface area contributed by atoms with Crippen molar-refractivity contribution in [1.29, 1.82) is 0 Å². The van der Waals surface area contributed by atoms with Gasteiger partial charge in [0.15, 0.2) is 0 Å². The molecule has 13 heavy (non-hydrogen) atoms. The fourth-order valence-corrected chi connectivity index (χ4v) is 2.30. The van der Waals surface area contributed by atoms with Crippen LogP contribution in [0.25, 0.3) is 0 Å². The van der Waals surface area contributed by atoms with Gasteiger partial charge in [0, 0.05) is 5.75 Å². The van der Waals surface area contributed by atoms with Crippen LogP contribution in [0.3, 0.4) is 0 Å². The number of rotatable bonds is 6. The monoisotopic (exact) mass is 207 g/mol. The number of sulfone groups is 1. The second kappa shape index (κ2) is 4.96. The molecule has 0 aromatic heterocycles. The van der Waals surface area contributed by atoms with Gasteiger partial charge in [-0.15, -0.1) is 0 Å². The highest BCUT2D eigenvalue weighted by Crippen LogP contribution is 2.19. The highest BCUT2D eigenvalue weighted by molar-refractivity contribution is 7.91. The Labute approximate surface area is 81.8 Å². The van der Waals surface area contributed by atoms with Gasteiger partial charge in [-0.2, -0.15) is 0 Å². The molecule has 0 aliphatic carbocycles. The number of hydrogen-bond donors (Lipinski definition) is 1. The van der Waals surface area contributed by atoms with Crippen molar-refractivity contribution in [3.05, 3.63) is 0 Å². The summed E-state index contributed by atoms with van der Waals surface area (Å²) in [5.74, 6) is 0.556. The predicted molar refractivity (Wildman–Crippen MR) is 56.7 cm³/mol. The summed E-state index contributed by atoms with van der Waals surface area (Å²) in [6.07, 6.45) is 0.726. The predicted octanol–water partition coefficient (Wildman–Crippen LogP) is 1.06. The third kappa shape index (κ3) is 6.05. The molecule has 0 fully saturated rings. The zero-order valence-corrected chi connectivity index (χ0v) is 9.87. The van der Waals surface area contributed by atoms with Gasteiger partial charge in [-0.3, -0.25) is 0 Å². The van der Waals surface area contributed by atoms with E-state index in [9.17, 15) is 8.42 Å². The van der Waals surface area contributed by atoms with Gasteiger partial charge in [-0.05, 0) is 25.4 Å². The smallest absolute Gasteiger partial charge is 0.150 e. The molecule has 0 aromatic carbocycles. The van der Waals surface area contributed by atoms with E-state index in [0.29, 0.717) is 5.75 Å². The van der Waals surface area contributed by atoms with E-state index in [1.165, 1.54) is 0 Å². The lowest BCUT2D eigenvalue weighted by atomic mass is 9.90. The molecule has 0 unspecified atom stereocenters. The van der Waals surface area contributed by atoms with Gasteiger partial charge in [0.1, 0.15) is 9.84 Å². The maximum Gasteiger partial charge on any atom is 0.150 e. The first-order valence-electron chi connectivity index (χ1n) is 4.68. The molecule has 0 atom stereocenters. The number of nitrogens with one attached hydrogen (secondary N) is 1. The van der Waals surface area contributed by atoms with Crippen molar-refractivity contribution in [2.24, 2.45) is 5.41 Å². The number of hydrogen-bond acceptors (Lipinski definition) is 3. The first-order valence-corrected chi connectivity index (χ1v) is 6.50. The molecular formula is C9H21NO2S. The molecule has 0 spiro atoms. The van der Waals surface area contributed by atoms with Crippen LogP contribution in [0.1, 0.15) is 27.2 Å². The summed E-state index contributed by atoms with van der Waals surface area (Å²) >= 11 is 0. The Morgan fingerprint density at radius 1 is 1.31 bits per heavy atom. The Balaban J connectivity index is 4.01. The van der Waals surface area contributed by atoms with Crippen molar-refractivity contribution < 1.29 is 8.42 Å². The summed E-state index contributed by atoms with van der Waals surface area (Å²) in [4.78, 5) is 0. The molecule has 0 saturated carbocycles. The Bertz CT molecular complexity index is 232. The first kappa shape index (κ1) is 12.9. The standard InChI is InChI=1S/C9H21NO2S/c1-5-13(11,12)7-6-9(2,3)8-10-4/h10H,5-8H2,1-4H3. The quantitative estimate of drug-likeness (QED) is 0.708. The first-order chi connectivity index (χ1) is 5.83. The summed E-state index contributed by atoms with van der Waals surface area (Å²) in [6, 6.07) is 0. The van der Waals surface area contributed by atoms with Crippen LogP contribution in [0.5, 0.6) is 0 Å². The van der Waals surface area contributed by atoms with Crippen LogP contribution in [0.15, 0.2) is 0 Å². The van der Waals surface area contributed by atoms with Gasteiger partial charge in [-0.25, -0.2) is 8.42 Å². The van der Waals surface area contributed by atoms with Crippen LogP contribution in [-0.2, 0) is 9.84 Å². The Morgan fingerprint density at radius 3 is 2.23 bits per heavy atom. The molecule has 0 aliphatic heterocycles. The molecule has 80 valence electrons. The maximum absolute atomic E-state index is 11.2. The Hall–Kier alpha value is -0.0900. The molecule has 0 radical (unpaired) electrons. The lowest BCUT2D eigenvalue weighted by Gasteiger charge is -2.23. The van der Waals surface area contributed by atoms with Gasteiger partial charge >= 0.3 is 0 Å². The van der Waals surface area contributed by atoms with E-state index in [0.717, 1.165) is 13.0 Å². The lowest BCUT2D eigenvalue weighted by molar-refractivity contribution is 0.340. The lowest BCUT2D eigenvalue weighted by Crippen LogP contribution is -2.29. The SMILES string of the molecule is CCS(=O)(=O)CCC(C)(C)CNC. The molecule has 0 aromatic rings. The Kier molecular flexibility index (Phi) is 4.92. The summed E-state index contributed by atoms with van der Waals surface area (Å²) in [7, 11) is -0.914. The summed E-state index contributed by atoms with van der Waals surface area (Å²) in [6.45, 7) is 6.70. The van der Waals surface area contributed by atoms with Gasteiger partial charge in [0.25, 0.3) is 0 Å². The summed E-state index contributed by atoms with van der Waals surface area (Å²) in [5, 5.41) is 3.07. The zero-order valence-electron chi connectivity index (χ0n) is 9.05. The van der Waals surface area contributed by atoms with Crippen molar-refractivity contribution in [1.82, 2.24) is 5.32 Å². The molecule has 0 amide bonds. The third-order valence-corrected chi connectivity index (χ3v) is 3.89. The topological polar surface area (TPSA) is 46.2 Å². The Morgan fingerprint density at radius 2 is 1.85 bits per heavy atom. The minimum atomic E-state index is -2.80. The second-order valence-corrected chi connectivity index (χ2v) is 6.65. The molecule has 3 nitrogen and oxygen atoms in total. The van der Waals surface area contributed by atoms with Gasteiger partial charge in [0.2, 0.25) is 0 Å². The molecule has 0 rings (SSSR count). The van der Waals surface area contributed by atoms with Crippen LogP contribution in [0.4, 0.5) is 0 Å². The van der Waals surface area contributed by atoms with Crippen molar-refractivity contribution >= 4 is 9.84 Å². The van der Waals surface area contributed by atoms with Crippen molar-refractivity contribution in [3.8, 4) is 0 Å². The van der Waals surface area contributed by atoms with E-state index < -0.39 is 9.84 Å². The van der Waals surface area contributed by atoms with Gasteiger partial charge in [-0.1, -0.05) is 20.8 Å². The second-order valence-electron chi connectivity index (χ2n) is 4.18. The van der Waals surface area contributed by atoms with Crippen molar-refractivity contribution in [2.45, 2.75) is 27.2 Å². The highest BCUT2D eigenvalue weighted by atomic mass is 32.2. The van der Waals surface area contributed by atoms with Crippen LogP contribution in [0.2, 0.25) is 0 Å². The summed E-state index contributed by atoms with van der Waals surface area (Å²) < 4.78 is 22.5. The average Bonchev–Trinajstić information content (AvgIpc) is 2.02. The molecule has 0 saturated heterocycles. The molecule has 0 bridgehead atoms. The van der Waals surface area contributed by atoms with Crippen LogP contribution in [-0.4, -0.2) is 33.5 Å². The van der Waals surface area contributed by atoms with Crippen LogP contribution in [0, 0.1) is 5.41 Å². The van der Waals surface area contributed by atoms with E-state index in [1.807, 2.05) is 7.05 Å². The molecule has 4 heteroatoms. The van der Waals surface area contributed by atoms with Crippen molar-refractivity contribution in [2.75, 3.05) is 25.1 Å². The normalized spacial score (nSPS) is 13.2. The van der Waals surface area contributed by atoms with E-state index in [2.05, 4.69) is 19.2 Å². The molecular weight excluding hydrogens is 186 g/mol.